The van der Waals surface area contributed by atoms with Crippen LogP contribution in [-0.2, 0) is 6.61 Å². The largest absolute Gasteiger partial charge is 0.487 e. The van der Waals surface area contributed by atoms with E-state index >= 15 is 0 Å². The van der Waals surface area contributed by atoms with Gasteiger partial charge in [-0.25, -0.2) is 4.39 Å². The van der Waals surface area contributed by atoms with Crippen molar-refractivity contribution in [3.8, 4) is 5.75 Å². The van der Waals surface area contributed by atoms with Gasteiger partial charge in [0.25, 0.3) is 5.91 Å². The third-order valence-electron chi connectivity index (χ3n) is 3.92. The van der Waals surface area contributed by atoms with Crippen LogP contribution in [0.1, 0.15) is 43.7 Å². The zero-order chi connectivity index (χ0) is 17.7. The molecule has 1 amide bonds. The maximum Gasteiger partial charge on any atom is 0.253 e. The van der Waals surface area contributed by atoms with Gasteiger partial charge in [-0.05, 0) is 36.6 Å². The fourth-order valence-corrected chi connectivity index (χ4v) is 1.85. The lowest BCUT2D eigenvalue weighted by atomic mass is 9.88. The van der Waals surface area contributed by atoms with E-state index in [9.17, 15) is 9.18 Å². The Bertz CT molecular complexity index is 693. The van der Waals surface area contributed by atoms with E-state index in [0.29, 0.717) is 17.0 Å². The number of carbonyl (C=O) groups is 1. The minimum atomic E-state index is -0.347. The number of hydrogen-bond donors (Lipinski definition) is 1. The van der Waals surface area contributed by atoms with Gasteiger partial charge in [0, 0.05) is 18.3 Å². The number of carbonyl (C=O) groups excluding carboxylic acids is 1. The smallest absolute Gasteiger partial charge is 0.253 e. The SMILES string of the molecule is C[C@H](NC(=O)c1ccc(COc2cccc(F)c2)nc1)C(C)(C)C. The van der Waals surface area contributed by atoms with Crippen molar-refractivity contribution >= 4 is 5.91 Å². The zero-order valence-electron chi connectivity index (χ0n) is 14.5. The maximum atomic E-state index is 13.1. The van der Waals surface area contributed by atoms with Crippen molar-refractivity contribution in [3.63, 3.8) is 0 Å². The lowest BCUT2D eigenvalue weighted by molar-refractivity contribution is 0.0909. The Hall–Kier alpha value is -2.43. The summed E-state index contributed by atoms with van der Waals surface area (Å²) >= 11 is 0. The molecule has 0 fully saturated rings. The monoisotopic (exact) mass is 330 g/mol. The van der Waals surface area contributed by atoms with Crippen LogP contribution in [0, 0.1) is 11.2 Å². The third-order valence-corrected chi connectivity index (χ3v) is 3.92. The molecule has 128 valence electrons. The second kappa shape index (κ2) is 7.43. The number of pyridine rings is 1. The molecular formula is C19H23FN2O2. The summed E-state index contributed by atoms with van der Waals surface area (Å²) in [5.74, 6) is -0.0550. The molecule has 1 aromatic heterocycles. The topological polar surface area (TPSA) is 51.2 Å². The van der Waals surface area contributed by atoms with Gasteiger partial charge >= 0.3 is 0 Å². The van der Waals surface area contributed by atoms with Gasteiger partial charge in [-0.2, -0.15) is 0 Å². The standard InChI is InChI=1S/C19H23FN2O2/c1-13(19(2,3)4)22-18(23)14-8-9-16(21-11-14)12-24-17-7-5-6-15(20)10-17/h5-11,13H,12H2,1-4H3,(H,22,23)/t13-/m0/s1. The van der Waals surface area contributed by atoms with Gasteiger partial charge in [0.05, 0.1) is 11.3 Å². The number of aromatic nitrogens is 1. The van der Waals surface area contributed by atoms with E-state index < -0.39 is 0 Å². The van der Waals surface area contributed by atoms with Crippen LogP contribution in [0.4, 0.5) is 4.39 Å². The third kappa shape index (κ3) is 5.05. The number of amides is 1. The molecule has 4 nitrogen and oxygen atoms in total. The fraction of sp³-hybridized carbons (Fsp3) is 0.368. The van der Waals surface area contributed by atoms with Crippen LogP contribution in [0.15, 0.2) is 42.6 Å². The number of halogens is 1. The van der Waals surface area contributed by atoms with E-state index in [0.717, 1.165) is 0 Å². The van der Waals surface area contributed by atoms with Gasteiger partial charge in [-0.15, -0.1) is 0 Å². The zero-order valence-corrected chi connectivity index (χ0v) is 14.5. The number of ether oxygens (including phenoxy) is 1. The molecule has 0 aliphatic heterocycles. The molecule has 0 saturated heterocycles. The van der Waals surface area contributed by atoms with Crippen LogP contribution >= 0.6 is 0 Å². The minimum absolute atomic E-state index is 0.0121. The van der Waals surface area contributed by atoms with E-state index in [1.54, 1.807) is 24.3 Å². The first kappa shape index (κ1) is 17.9. The predicted molar refractivity (Wildman–Crippen MR) is 91.4 cm³/mol. The van der Waals surface area contributed by atoms with Gasteiger partial charge in [-0.3, -0.25) is 9.78 Å². The predicted octanol–water partition coefficient (Wildman–Crippen LogP) is 3.96. The first-order valence-electron chi connectivity index (χ1n) is 7.90. The van der Waals surface area contributed by atoms with Crippen molar-refractivity contribution in [3.05, 3.63) is 59.7 Å². The van der Waals surface area contributed by atoms with Crippen LogP contribution in [-0.4, -0.2) is 16.9 Å². The molecule has 0 unspecified atom stereocenters. The Balaban J connectivity index is 1.94. The van der Waals surface area contributed by atoms with E-state index in [2.05, 4.69) is 31.1 Å². The second-order valence-corrected chi connectivity index (χ2v) is 6.85. The number of hydrogen-bond acceptors (Lipinski definition) is 3. The Morgan fingerprint density at radius 1 is 1.29 bits per heavy atom. The van der Waals surface area contributed by atoms with Gasteiger partial charge in [0.1, 0.15) is 18.2 Å². The summed E-state index contributed by atoms with van der Waals surface area (Å²) in [6.07, 6.45) is 1.52. The Morgan fingerprint density at radius 3 is 2.62 bits per heavy atom. The molecule has 0 aliphatic carbocycles. The van der Waals surface area contributed by atoms with Gasteiger partial charge in [0.2, 0.25) is 0 Å². The lowest BCUT2D eigenvalue weighted by Crippen LogP contribution is -2.41. The van der Waals surface area contributed by atoms with Crippen molar-refractivity contribution < 1.29 is 13.9 Å². The van der Waals surface area contributed by atoms with Crippen molar-refractivity contribution in [1.29, 1.82) is 0 Å². The number of nitrogens with one attached hydrogen (secondary N) is 1. The average molecular weight is 330 g/mol. The van der Waals surface area contributed by atoms with Gasteiger partial charge < -0.3 is 10.1 Å². The van der Waals surface area contributed by atoms with Crippen molar-refractivity contribution in [2.24, 2.45) is 5.41 Å². The Kier molecular flexibility index (Phi) is 5.54. The van der Waals surface area contributed by atoms with Gasteiger partial charge in [0.15, 0.2) is 0 Å². The quantitative estimate of drug-likeness (QED) is 0.902. The molecule has 1 N–H and O–H groups in total. The van der Waals surface area contributed by atoms with Crippen molar-refractivity contribution in [1.82, 2.24) is 10.3 Å². The molecule has 1 heterocycles. The van der Waals surface area contributed by atoms with E-state index in [4.69, 9.17) is 4.74 Å². The Labute approximate surface area is 142 Å². The fourth-order valence-electron chi connectivity index (χ4n) is 1.85. The average Bonchev–Trinajstić information content (AvgIpc) is 2.52. The molecule has 24 heavy (non-hydrogen) atoms. The highest BCUT2D eigenvalue weighted by atomic mass is 19.1. The first-order chi connectivity index (χ1) is 11.3. The Morgan fingerprint density at radius 2 is 2.04 bits per heavy atom. The summed E-state index contributed by atoms with van der Waals surface area (Å²) in [5.41, 5.74) is 1.15. The van der Waals surface area contributed by atoms with Crippen LogP contribution in [0.25, 0.3) is 0 Å². The summed E-state index contributed by atoms with van der Waals surface area (Å²) < 4.78 is 18.6. The molecule has 0 saturated carbocycles. The molecule has 0 aliphatic rings. The molecule has 1 aromatic carbocycles. The highest BCUT2D eigenvalue weighted by Crippen LogP contribution is 2.19. The van der Waals surface area contributed by atoms with Crippen LogP contribution < -0.4 is 10.1 Å². The highest BCUT2D eigenvalue weighted by molar-refractivity contribution is 5.94. The number of benzene rings is 1. The molecule has 0 bridgehead atoms. The van der Waals surface area contributed by atoms with Gasteiger partial charge in [-0.1, -0.05) is 26.8 Å². The molecule has 2 rings (SSSR count). The van der Waals surface area contributed by atoms with Crippen molar-refractivity contribution in [2.45, 2.75) is 40.3 Å². The van der Waals surface area contributed by atoms with E-state index in [-0.39, 0.29) is 29.8 Å². The summed E-state index contributed by atoms with van der Waals surface area (Å²) in [6.45, 7) is 8.41. The molecule has 5 heteroatoms. The normalized spacial score (nSPS) is 12.5. The molecule has 0 radical (unpaired) electrons. The summed E-state index contributed by atoms with van der Waals surface area (Å²) in [7, 11) is 0. The van der Waals surface area contributed by atoms with Crippen molar-refractivity contribution in [2.75, 3.05) is 0 Å². The van der Waals surface area contributed by atoms with E-state index in [1.165, 1.54) is 18.3 Å². The lowest BCUT2D eigenvalue weighted by Gasteiger charge is -2.28. The highest BCUT2D eigenvalue weighted by Gasteiger charge is 2.22. The van der Waals surface area contributed by atoms with Crippen LogP contribution in [0.5, 0.6) is 5.75 Å². The van der Waals surface area contributed by atoms with E-state index in [1.807, 2.05) is 6.92 Å². The number of rotatable bonds is 5. The minimum Gasteiger partial charge on any atom is -0.487 e. The molecular weight excluding hydrogens is 307 g/mol. The summed E-state index contributed by atoms with van der Waals surface area (Å²) in [6, 6.07) is 9.42. The summed E-state index contributed by atoms with van der Waals surface area (Å²) in [4.78, 5) is 16.4. The summed E-state index contributed by atoms with van der Waals surface area (Å²) in [5, 5.41) is 2.97. The molecule has 1 atom stereocenters. The van der Waals surface area contributed by atoms with Crippen LogP contribution in [0.2, 0.25) is 0 Å². The molecule has 0 spiro atoms. The first-order valence-corrected chi connectivity index (χ1v) is 7.90. The second-order valence-electron chi connectivity index (χ2n) is 6.85. The maximum absolute atomic E-state index is 13.1. The number of nitrogens with zero attached hydrogens (tertiary/aromatic N) is 1. The van der Waals surface area contributed by atoms with Crippen LogP contribution in [0.3, 0.4) is 0 Å². The molecule has 2 aromatic rings.